The van der Waals surface area contributed by atoms with Gasteiger partial charge in [-0.1, -0.05) is 49.9 Å². The highest BCUT2D eigenvalue weighted by Crippen LogP contribution is 2.23. The highest BCUT2D eigenvalue weighted by Gasteiger charge is 2.24. The molecule has 3 rings (SSSR count). The first kappa shape index (κ1) is 19.2. The third-order valence-corrected chi connectivity index (χ3v) is 6.00. The summed E-state index contributed by atoms with van der Waals surface area (Å²) in [4.78, 5) is 27.9. The largest absolute Gasteiger partial charge is 0.350 e. The van der Waals surface area contributed by atoms with Crippen LogP contribution in [0.1, 0.15) is 31.4 Å². The van der Waals surface area contributed by atoms with Crippen LogP contribution in [0, 0.1) is 11.8 Å². The maximum absolute atomic E-state index is 12.2. The van der Waals surface area contributed by atoms with Crippen LogP contribution in [0.25, 0.3) is 0 Å². The van der Waals surface area contributed by atoms with Crippen molar-refractivity contribution >= 4 is 22.9 Å². The molecule has 2 saturated heterocycles. The van der Waals surface area contributed by atoms with Gasteiger partial charge in [0.1, 0.15) is 6.54 Å². The number of hydrogen-bond donors (Lipinski definition) is 1. The zero-order chi connectivity index (χ0) is 18.5. The molecule has 2 amide bonds. The minimum absolute atomic E-state index is 0.00823. The first-order chi connectivity index (χ1) is 12.5. The molecule has 2 fully saturated rings. The fourth-order valence-corrected chi connectivity index (χ4v) is 4.86. The van der Waals surface area contributed by atoms with Gasteiger partial charge in [-0.2, -0.15) is 0 Å². The van der Waals surface area contributed by atoms with Gasteiger partial charge in [-0.3, -0.25) is 14.5 Å². The Labute approximate surface area is 160 Å². The molecule has 2 heterocycles. The normalized spacial score (nSPS) is 24.1. The van der Waals surface area contributed by atoms with Gasteiger partial charge in [0.2, 0.25) is 5.91 Å². The molecule has 2 aliphatic rings. The molecule has 0 saturated carbocycles. The minimum atomic E-state index is -0.0872. The van der Waals surface area contributed by atoms with E-state index in [1.165, 1.54) is 23.7 Å². The summed E-state index contributed by atoms with van der Waals surface area (Å²) in [6.45, 7) is 9.21. The number of thioether (sulfide) groups is 1. The average molecular weight is 376 g/mol. The van der Waals surface area contributed by atoms with Crippen LogP contribution < -0.4 is 5.32 Å². The zero-order valence-electron chi connectivity index (χ0n) is 15.7. The zero-order valence-corrected chi connectivity index (χ0v) is 16.6. The van der Waals surface area contributed by atoms with Crippen LogP contribution in [0.3, 0.4) is 0 Å². The van der Waals surface area contributed by atoms with E-state index in [9.17, 15) is 9.59 Å². The van der Waals surface area contributed by atoms with Crippen LogP contribution in [0.2, 0.25) is 0 Å². The molecule has 0 aromatic heterocycles. The number of rotatable bonds is 6. The van der Waals surface area contributed by atoms with Gasteiger partial charge in [0.05, 0.1) is 0 Å². The van der Waals surface area contributed by atoms with Crippen molar-refractivity contribution in [1.82, 2.24) is 15.1 Å². The number of amides is 2. The maximum Gasteiger partial charge on any atom is 0.282 e. The maximum atomic E-state index is 12.2. The Hall–Kier alpha value is -1.53. The molecule has 1 N–H and O–H groups in total. The third kappa shape index (κ3) is 5.24. The van der Waals surface area contributed by atoms with Crippen LogP contribution in [0.15, 0.2) is 24.3 Å². The van der Waals surface area contributed by atoms with E-state index in [1.54, 1.807) is 4.90 Å². The molecule has 0 aliphatic carbocycles. The van der Waals surface area contributed by atoms with Crippen LogP contribution in [0.5, 0.6) is 0 Å². The number of carbonyl (C=O) groups is 2. The molecule has 1 aromatic carbocycles. The van der Waals surface area contributed by atoms with Crippen molar-refractivity contribution < 1.29 is 9.59 Å². The summed E-state index contributed by atoms with van der Waals surface area (Å²) < 4.78 is 0. The molecule has 5 nitrogen and oxygen atoms in total. The Bertz CT molecular complexity index is 642. The molecule has 142 valence electrons. The van der Waals surface area contributed by atoms with E-state index in [0.717, 1.165) is 42.8 Å². The van der Waals surface area contributed by atoms with Crippen molar-refractivity contribution in [3.63, 3.8) is 0 Å². The smallest absolute Gasteiger partial charge is 0.282 e. The summed E-state index contributed by atoms with van der Waals surface area (Å²) in [7, 11) is 0. The first-order valence-electron chi connectivity index (χ1n) is 9.49. The van der Waals surface area contributed by atoms with Crippen LogP contribution >= 0.6 is 11.8 Å². The number of benzene rings is 1. The van der Waals surface area contributed by atoms with E-state index in [0.29, 0.717) is 13.1 Å². The molecule has 2 aliphatic heterocycles. The standard InChI is InChI=1S/C20H29N3O2S/c1-15-9-16(2)12-22(11-15)13-18-6-4-3-5-17(18)10-21-19(24)14-23-7-8-26-20(23)25/h3-6,15-16H,7-14H2,1-2H3,(H,21,24). The molecule has 6 heteroatoms. The van der Waals surface area contributed by atoms with Gasteiger partial charge >= 0.3 is 0 Å². The van der Waals surface area contributed by atoms with E-state index in [-0.39, 0.29) is 17.7 Å². The van der Waals surface area contributed by atoms with E-state index in [2.05, 4.69) is 42.3 Å². The van der Waals surface area contributed by atoms with Crippen molar-refractivity contribution in [1.29, 1.82) is 0 Å². The monoisotopic (exact) mass is 375 g/mol. The van der Waals surface area contributed by atoms with Crippen molar-refractivity contribution in [3.05, 3.63) is 35.4 Å². The molecule has 26 heavy (non-hydrogen) atoms. The fourth-order valence-electron chi connectivity index (χ4n) is 4.04. The van der Waals surface area contributed by atoms with Crippen molar-refractivity contribution in [3.8, 4) is 0 Å². The van der Waals surface area contributed by atoms with E-state index in [1.807, 2.05) is 6.07 Å². The number of hydrogen-bond acceptors (Lipinski definition) is 4. The van der Waals surface area contributed by atoms with Gasteiger partial charge < -0.3 is 10.2 Å². The fraction of sp³-hybridized carbons (Fsp3) is 0.600. The Kier molecular flexibility index (Phi) is 6.59. The highest BCUT2D eigenvalue weighted by atomic mass is 32.2. The SMILES string of the molecule is CC1CC(C)CN(Cc2ccccc2CNC(=O)CN2CCSC2=O)C1. The van der Waals surface area contributed by atoms with Crippen LogP contribution in [-0.4, -0.2) is 52.9 Å². The predicted molar refractivity (Wildman–Crippen MR) is 106 cm³/mol. The van der Waals surface area contributed by atoms with Crippen molar-refractivity contribution in [2.75, 3.05) is 31.9 Å². The number of nitrogens with zero attached hydrogens (tertiary/aromatic N) is 2. The first-order valence-corrected chi connectivity index (χ1v) is 10.5. The van der Waals surface area contributed by atoms with E-state index in [4.69, 9.17) is 0 Å². The summed E-state index contributed by atoms with van der Waals surface area (Å²) in [5.74, 6) is 2.17. The molecule has 2 unspecified atom stereocenters. The van der Waals surface area contributed by atoms with Crippen LogP contribution in [0.4, 0.5) is 4.79 Å². The topological polar surface area (TPSA) is 52.7 Å². The minimum Gasteiger partial charge on any atom is -0.350 e. The Balaban J connectivity index is 1.55. The lowest BCUT2D eigenvalue weighted by Gasteiger charge is -2.35. The van der Waals surface area contributed by atoms with Gasteiger partial charge in [-0.15, -0.1) is 0 Å². The van der Waals surface area contributed by atoms with Gasteiger partial charge in [0.25, 0.3) is 5.24 Å². The van der Waals surface area contributed by atoms with Gasteiger partial charge in [-0.05, 0) is 29.4 Å². The molecule has 0 spiro atoms. The Morgan fingerprint density at radius 3 is 2.54 bits per heavy atom. The highest BCUT2D eigenvalue weighted by molar-refractivity contribution is 8.13. The molecular formula is C20H29N3O2S. The van der Waals surface area contributed by atoms with E-state index < -0.39 is 0 Å². The lowest BCUT2D eigenvalue weighted by Crippen LogP contribution is -2.39. The number of carbonyl (C=O) groups excluding carboxylic acids is 2. The van der Waals surface area contributed by atoms with Gasteiger partial charge in [0, 0.05) is 38.5 Å². The second kappa shape index (κ2) is 8.91. The summed E-state index contributed by atoms with van der Waals surface area (Å²) in [5, 5.41) is 2.99. The lowest BCUT2D eigenvalue weighted by atomic mass is 9.91. The molecule has 2 atom stereocenters. The molecule has 0 radical (unpaired) electrons. The second-order valence-electron chi connectivity index (χ2n) is 7.72. The summed E-state index contributed by atoms with van der Waals surface area (Å²) in [5.41, 5.74) is 2.44. The predicted octanol–water partition coefficient (Wildman–Crippen LogP) is 2.95. The Morgan fingerprint density at radius 2 is 1.88 bits per heavy atom. The van der Waals surface area contributed by atoms with Crippen LogP contribution in [-0.2, 0) is 17.9 Å². The molecular weight excluding hydrogens is 346 g/mol. The number of likely N-dealkylation sites (tertiary alicyclic amines) is 1. The van der Waals surface area contributed by atoms with Gasteiger partial charge in [-0.25, -0.2) is 0 Å². The van der Waals surface area contributed by atoms with Crippen molar-refractivity contribution in [2.24, 2.45) is 11.8 Å². The van der Waals surface area contributed by atoms with E-state index >= 15 is 0 Å². The average Bonchev–Trinajstić information content (AvgIpc) is 2.98. The number of nitrogens with one attached hydrogen (secondary N) is 1. The third-order valence-electron chi connectivity index (χ3n) is 5.11. The molecule has 0 bridgehead atoms. The second-order valence-corrected chi connectivity index (χ2v) is 8.77. The number of piperidine rings is 1. The summed E-state index contributed by atoms with van der Waals surface area (Å²) >= 11 is 1.29. The summed E-state index contributed by atoms with van der Waals surface area (Å²) in [6, 6.07) is 8.33. The summed E-state index contributed by atoms with van der Waals surface area (Å²) in [6.07, 6.45) is 1.31. The molecule has 1 aromatic rings. The quantitative estimate of drug-likeness (QED) is 0.831. The van der Waals surface area contributed by atoms with Crippen molar-refractivity contribution in [2.45, 2.75) is 33.4 Å². The van der Waals surface area contributed by atoms with Gasteiger partial charge in [0.15, 0.2) is 0 Å². The lowest BCUT2D eigenvalue weighted by molar-refractivity contribution is -0.121. The Morgan fingerprint density at radius 1 is 1.19 bits per heavy atom.